The van der Waals surface area contributed by atoms with Gasteiger partial charge in [-0.15, -0.1) is 0 Å². The molecule has 2 saturated heterocycles. The second kappa shape index (κ2) is 9.82. The second-order valence-corrected chi connectivity index (χ2v) is 11.0. The van der Waals surface area contributed by atoms with Crippen LogP contribution < -0.4 is 5.32 Å². The van der Waals surface area contributed by atoms with E-state index >= 15 is 0 Å². The number of rotatable bonds is 5. The molecule has 2 aliphatic heterocycles. The van der Waals surface area contributed by atoms with Gasteiger partial charge in [0.15, 0.2) is 0 Å². The Labute approximate surface area is 198 Å². The minimum Gasteiger partial charge on any atom is -0.349 e. The van der Waals surface area contributed by atoms with Crippen LogP contribution in [0.3, 0.4) is 0 Å². The molecule has 0 atom stereocenters. The third kappa shape index (κ3) is 5.39. The van der Waals surface area contributed by atoms with E-state index in [1.54, 1.807) is 30.1 Å². The van der Waals surface area contributed by atoms with Gasteiger partial charge in [-0.25, -0.2) is 8.42 Å². The maximum Gasteiger partial charge on any atom is 0.254 e. The summed E-state index contributed by atoms with van der Waals surface area (Å²) in [5.74, 6) is -0.249. The number of piperidine rings is 2. The van der Waals surface area contributed by atoms with E-state index in [4.69, 9.17) is 11.6 Å². The summed E-state index contributed by atoms with van der Waals surface area (Å²) < 4.78 is 28.7. The molecule has 178 valence electrons. The van der Waals surface area contributed by atoms with Gasteiger partial charge in [-0.1, -0.05) is 11.6 Å². The number of nitrogens with zero attached hydrogens (tertiary/aromatic N) is 4. The number of hydrogen-bond donors (Lipinski definition) is 1. The van der Waals surface area contributed by atoms with Gasteiger partial charge in [-0.2, -0.15) is 9.40 Å². The van der Waals surface area contributed by atoms with E-state index in [9.17, 15) is 18.0 Å². The SMILES string of the molecule is Cn1cc(C(=O)NC2CCN(C(=O)C3CCN(S(=O)(=O)c4ccc(Cl)cc4)CC3)CC2)cn1. The monoisotopic (exact) mass is 493 g/mol. The van der Waals surface area contributed by atoms with E-state index < -0.39 is 10.0 Å². The lowest BCUT2D eigenvalue weighted by Crippen LogP contribution is -2.49. The molecular formula is C22H28ClN5O4S. The molecule has 9 nitrogen and oxygen atoms in total. The molecule has 0 saturated carbocycles. The molecular weight excluding hydrogens is 466 g/mol. The van der Waals surface area contributed by atoms with Gasteiger partial charge in [-0.05, 0) is 49.9 Å². The van der Waals surface area contributed by atoms with Crippen molar-refractivity contribution < 1.29 is 18.0 Å². The number of sulfonamides is 1. The maximum atomic E-state index is 13.0. The van der Waals surface area contributed by atoms with Gasteiger partial charge in [0, 0.05) is 56.4 Å². The van der Waals surface area contributed by atoms with E-state index in [0.29, 0.717) is 62.4 Å². The third-order valence-corrected chi connectivity index (χ3v) is 8.53. The number of halogens is 1. The van der Waals surface area contributed by atoms with Crippen molar-refractivity contribution in [2.75, 3.05) is 26.2 Å². The highest BCUT2D eigenvalue weighted by atomic mass is 35.5. The molecule has 0 radical (unpaired) electrons. The van der Waals surface area contributed by atoms with Crippen molar-refractivity contribution in [3.05, 3.63) is 47.2 Å². The molecule has 2 aliphatic rings. The van der Waals surface area contributed by atoms with Gasteiger partial charge in [0.1, 0.15) is 0 Å². The molecule has 2 amide bonds. The van der Waals surface area contributed by atoms with Crippen molar-refractivity contribution in [3.8, 4) is 0 Å². The molecule has 1 aromatic heterocycles. The first kappa shape index (κ1) is 23.7. The summed E-state index contributed by atoms with van der Waals surface area (Å²) >= 11 is 5.86. The number of hydrogen-bond acceptors (Lipinski definition) is 5. The molecule has 0 aliphatic carbocycles. The van der Waals surface area contributed by atoms with Crippen LogP contribution in [0, 0.1) is 5.92 Å². The van der Waals surface area contributed by atoms with Gasteiger partial charge in [-0.3, -0.25) is 14.3 Å². The first-order chi connectivity index (χ1) is 15.7. The number of nitrogens with one attached hydrogen (secondary N) is 1. The molecule has 0 unspecified atom stereocenters. The summed E-state index contributed by atoms with van der Waals surface area (Å²) in [6.45, 7) is 1.80. The lowest BCUT2D eigenvalue weighted by atomic mass is 9.95. The minimum absolute atomic E-state index is 0.0214. The van der Waals surface area contributed by atoms with Gasteiger partial charge < -0.3 is 10.2 Å². The fourth-order valence-corrected chi connectivity index (χ4v) is 6.00. The van der Waals surface area contributed by atoms with Crippen molar-refractivity contribution in [3.63, 3.8) is 0 Å². The van der Waals surface area contributed by atoms with E-state index in [1.165, 1.54) is 22.6 Å². The Balaban J connectivity index is 1.25. The topological polar surface area (TPSA) is 105 Å². The molecule has 4 rings (SSSR count). The van der Waals surface area contributed by atoms with Crippen molar-refractivity contribution in [2.45, 2.75) is 36.6 Å². The van der Waals surface area contributed by atoms with Gasteiger partial charge in [0.05, 0.1) is 16.7 Å². The summed E-state index contributed by atoms with van der Waals surface area (Å²) in [6.07, 6.45) is 5.61. The third-order valence-electron chi connectivity index (χ3n) is 6.36. The number of carbonyl (C=O) groups excluding carboxylic acids is 2. The molecule has 0 bridgehead atoms. The van der Waals surface area contributed by atoms with Crippen LogP contribution in [-0.2, 0) is 21.9 Å². The lowest BCUT2D eigenvalue weighted by molar-refractivity contribution is -0.137. The summed E-state index contributed by atoms with van der Waals surface area (Å²) in [5, 5.41) is 7.52. The highest BCUT2D eigenvalue weighted by Gasteiger charge is 2.35. The molecule has 11 heteroatoms. The molecule has 2 aromatic rings. The van der Waals surface area contributed by atoms with Crippen LogP contribution in [0.25, 0.3) is 0 Å². The Bertz CT molecular complexity index is 1100. The van der Waals surface area contributed by atoms with Crippen molar-refractivity contribution >= 4 is 33.4 Å². The van der Waals surface area contributed by atoms with E-state index in [-0.39, 0.29) is 28.7 Å². The van der Waals surface area contributed by atoms with Crippen LogP contribution in [0.15, 0.2) is 41.6 Å². The Hall–Kier alpha value is -2.43. The van der Waals surface area contributed by atoms with Crippen LogP contribution in [0.5, 0.6) is 0 Å². The molecule has 33 heavy (non-hydrogen) atoms. The quantitative estimate of drug-likeness (QED) is 0.685. The first-order valence-corrected chi connectivity index (χ1v) is 12.9. The normalized spacial score (nSPS) is 18.9. The predicted molar refractivity (Wildman–Crippen MR) is 123 cm³/mol. The zero-order chi connectivity index (χ0) is 23.6. The predicted octanol–water partition coefficient (Wildman–Crippen LogP) is 1.90. The molecule has 0 spiro atoms. The average molecular weight is 494 g/mol. The number of amides is 2. The zero-order valence-corrected chi connectivity index (χ0v) is 20.1. The smallest absolute Gasteiger partial charge is 0.254 e. The Morgan fingerprint density at radius 2 is 1.67 bits per heavy atom. The van der Waals surface area contributed by atoms with Crippen LogP contribution in [0.2, 0.25) is 5.02 Å². The fourth-order valence-electron chi connectivity index (χ4n) is 4.41. The summed E-state index contributed by atoms with van der Waals surface area (Å²) in [7, 11) is -1.83. The Morgan fingerprint density at radius 1 is 1.03 bits per heavy atom. The number of carbonyl (C=O) groups is 2. The highest BCUT2D eigenvalue weighted by molar-refractivity contribution is 7.89. The number of likely N-dealkylation sites (tertiary alicyclic amines) is 1. The number of aromatic nitrogens is 2. The summed E-state index contributed by atoms with van der Waals surface area (Å²) in [6, 6.07) is 6.16. The summed E-state index contributed by atoms with van der Waals surface area (Å²) in [4.78, 5) is 27.4. The van der Waals surface area contributed by atoms with Crippen LogP contribution in [-0.4, -0.2) is 71.4 Å². The molecule has 2 fully saturated rings. The van der Waals surface area contributed by atoms with Gasteiger partial charge in [0.25, 0.3) is 5.91 Å². The van der Waals surface area contributed by atoms with Crippen molar-refractivity contribution in [2.24, 2.45) is 13.0 Å². The van der Waals surface area contributed by atoms with Crippen LogP contribution >= 0.6 is 11.6 Å². The molecule has 3 heterocycles. The summed E-state index contributed by atoms with van der Waals surface area (Å²) in [5.41, 5.74) is 0.524. The highest BCUT2D eigenvalue weighted by Crippen LogP contribution is 2.27. The Morgan fingerprint density at radius 3 is 2.24 bits per heavy atom. The minimum atomic E-state index is -3.59. The van der Waals surface area contributed by atoms with Gasteiger partial charge in [0.2, 0.25) is 15.9 Å². The standard InChI is InChI=1S/C22H28ClN5O4S/c1-26-15-17(14-24-26)21(29)25-19-8-10-27(11-9-19)22(30)16-6-12-28(13-7-16)33(31,32)20-4-2-18(23)3-5-20/h2-5,14-16,19H,6-13H2,1H3,(H,25,29). The fraction of sp³-hybridized carbons (Fsp3) is 0.500. The largest absolute Gasteiger partial charge is 0.349 e. The van der Waals surface area contributed by atoms with Crippen LogP contribution in [0.4, 0.5) is 0 Å². The number of aryl methyl sites for hydroxylation is 1. The first-order valence-electron chi connectivity index (χ1n) is 11.1. The van der Waals surface area contributed by atoms with Crippen LogP contribution in [0.1, 0.15) is 36.0 Å². The van der Waals surface area contributed by atoms with E-state index in [1.807, 2.05) is 4.90 Å². The van der Waals surface area contributed by atoms with Gasteiger partial charge >= 0.3 is 0 Å². The van der Waals surface area contributed by atoms with E-state index in [2.05, 4.69) is 10.4 Å². The Kier molecular flexibility index (Phi) is 7.06. The van der Waals surface area contributed by atoms with E-state index in [0.717, 1.165) is 0 Å². The second-order valence-electron chi connectivity index (χ2n) is 8.61. The number of benzene rings is 1. The van der Waals surface area contributed by atoms with Crippen molar-refractivity contribution in [1.82, 2.24) is 24.3 Å². The zero-order valence-electron chi connectivity index (χ0n) is 18.5. The van der Waals surface area contributed by atoms with Crippen molar-refractivity contribution in [1.29, 1.82) is 0 Å². The molecule has 1 N–H and O–H groups in total. The maximum absolute atomic E-state index is 13.0. The average Bonchev–Trinajstić information content (AvgIpc) is 3.26. The molecule has 1 aromatic carbocycles. The lowest BCUT2D eigenvalue weighted by Gasteiger charge is -2.37.